The van der Waals surface area contributed by atoms with Crippen molar-refractivity contribution in [2.24, 2.45) is 5.73 Å². The van der Waals surface area contributed by atoms with Crippen molar-refractivity contribution in [3.8, 4) is 0 Å². The van der Waals surface area contributed by atoms with Crippen LogP contribution >= 0.6 is 0 Å². The van der Waals surface area contributed by atoms with Crippen LogP contribution in [-0.2, 0) is 6.54 Å². The summed E-state index contributed by atoms with van der Waals surface area (Å²) in [7, 11) is 0. The average molecular weight is 211 g/mol. The Labute approximate surface area is 91.0 Å². The van der Waals surface area contributed by atoms with E-state index in [0.717, 1.165) is 25.1 Å². The van der Waals surface area contributed by atoms with Gasteiger partial charge in [0.25, 0.3) is 0 Å². The minimum absolute atomic E-state index is 0.416. The molecule has 0 saturated carbocycles. The van der Waals surface area contributed by atoms with Crippen molar-refractivity contribution >= 4 is 0 Å². The van der Waals surface area contributed by atoms with Crippen LogP contribution in [-0.4, -0.2) is 20.2 Å². The lowest BCUT2D eigenvalue weighted by molar-refractivity contribution is 0.366. The number of hydrogen-bond acceptors (Lipinski definition) is 4. The highest BCUT2D eigenvalue weighted by Gasteiger charge is 2.14. The largest absolute Gasteiger partial charge is 0.324 e. The Kier molecular flexibility index (Phi) is 5.25. The molecular weight excluding hydrogens is 190 g/mol. The molecule has 0 aliphatic heterocycles. The molecule has 0 radical (unpaired) electrons. The van der Waals surface area contributed by atoms with Gasteiger partial charge in [-0.15, -0.1) is 5.10 Å². The van der Waals surface area contributed by atoms with Gasteiger partial charge in [0.15, 0.2) is 5.82 Å². The van der Waals surface area contributed by atoms with Crippen LogP contribution < -0.4 is 5.73 Å². The SMILES string of the molecule is CCCCC(CCC)n1nnnc1CN. The highest BCUT2D eigenvalue weighted by atomic mass is 15.5. The lowest BCUT2D eigenvalue weighted by Gasteiger charge is -2.16. The summed E-state index contributed by atoms with van der Waals surface area (Å²) in [5.74, 6) is 0.796. The molecule has 1 unspecified atom stereocenters. The van der Waals surface area contributed by atoms with E-state index in [0.29, 0.717) is 12.6 Å². The van der Waals surface area contributed by atoms with Crippen molar-refractivity contribution in [3.05, 3.63) is 5.82 Å². The molecule has 0 aliphatic carbocycles. The Morgan fingerprint density at radius 1 is 1.27 bits per heavy atom. The summed E-state index contributed by atoms with van der Waals surface area (Å²) in [5.41, 5.74) is 5.59. The van der Waals surface area contributed by atoms with Crippen LogP contribution in [0, 0.1) is 0 Å². The monoisotopic (exact) mass is 211 g/mol. The van der Waals surface area contributed by atoms with Gasteiger partial charge >= 0.3 is 0 Å². The van der Waals surface area contributed by atoms with Crippen LogP contribution in [0.3, 0.4) is 0 Å². The van der Waals surface area contributed by atoms with Crippen LogP contribution in [0.5, 0.6) is 0 Å². The zero-order valence-electron chi connectivity index (χ0n) is 9.69. The minimum Gasteiger partial charge on any atom is -0.324 e. The van der Waals surface area contributed by atoms with E-state index >= 15 is 0 Å². The molecule has 0 aliphatic rings. The van der Waals surface area contributed by atoms with Gasteiger partial charge in [0.1, 0.15) is 0 Å². The van der Waals surface area contributed by atoms with E-state index < -0.39 is 0 Å². The summed E-state index contributed by atoms with van der Waals surface area (Å²) in [6.07, 6.45) is 5.84. The van der Waals surface area contributed by atoms with Crippen molar-refractivity contribution in [1.29, 1.82) is 0 Å². The molecule has 1 atom stereocenters. The Morgan fingerprint density at radius 3 is 2.67 bits per heavy atom. The van der Waals surface area contributed by atoms with E-state index in [4.69, 9.17) is 5.73 Å². The molecule has 0 aromatic carbocycles. The molecule has 0 saturated heterocycles. The van der Waals surface area contributed by atoms with Crippen molar-refractivity contribution in [2.75, 3.05) is 0 Å². The first kappa shape index (κ1) is 12.1. The summed E-state index contributed by atoms with van der Waals surface area (Å²) in [5, 5.41) is 11.6. The third-order valence-corrected chi connectivity index (χ3v) is 2.60. The first-order valence-corrected chi connectivity index (χ1v) is 5.80. The van der Waals surface area contributed by atoms with Gasteiger partial charge in [-0.1, -0.05) is 33.1 Å². The van der Waals surface area contributed by atoms with Crippen LogP contribution in [0.1, 0.15) is 57.8 Å². The maximum absolute atomic E-state index is 5.59. The Bertz CT molecular complexity index is 271. The van der Waals surface area contributed by atoms with Crippen LogP contribution in [0.15, 0.2) is 0 Å². The predicted octanol–water partition coefficient (Wildman–Crippen LogP) is 1.66. The van der Waals surface area contributed by atoms with E-state index in [1.807, 2.05) is 4.68 Å². The van der Waals surface area contributed by atoms with Gasteiger partial charge in [0.05, 0.1) is 12.6 Å². The fraction of sp³-hybridized carbons (Fsp3) is 0.900. The molecule has 15 heavy (non-hydrogen) atoms. The normalized spacial score (nSPS) is 13.0. The van der Waals surface area contributed by atoms with E-state index in [9.17, 15) is 0 Å². The third-order valence-electron chi connectivity index (χ3n) is 2.60. The second-order valence-corrected chi connectivity index (χ2v) is 3.83. The van der Waals surface area contributed by atoms with Crippen molar-refractivity contribution in [3.63, 3.8) is 0 Å². The van der Waals surface area contributed by atoms with Crippen LogP contribution in [0.4, 0.5) is 0 Å². The quantitative estimate of drug-likeness (QED) is 0.744. The third kappa shape index (κ3) is 3.27. The first-order valence-electron chi connectivity index (χ1n) is 5.80. The average Bonchev–Trinajstić information content (AvgIpc) is 2.72. The lowest BCUT2D eigenvalue weighted by atomic mass is 10.1. The van der Waals surface area contributed by atoms with Gasteiger partial charge in [0.2, 0.25) is 0 Å². The second kappa shape index (κ2) is 6.50. The molecule has 0 fully saturated rings. The highest BCUT2D eigenvalue weighted by molar-refractivity contribution is 4.82. The molecule has 86 valence electrons. The standard InChI is InChI=1S/C10H21N5/c1-3-5-7-9(6-4-2)15-10(8-11)12-13-14-15/h9H,3-8,11H2,1-2H3. The minimum atomic E-state index is 0.416. The van der Waals surface area contributed by atoms with Crippen molar-refractivity contribution < 1.29 is 0 Å². The predicted molar refractivity (Wildman–Crippen MR) is 59.2 cm³/mol. The highest BCUT2D eigenvalue weighted by Crippen LogP contribution is 2.20. The van der Waals surface area contributed by atoms with Gasteiger partial charge in [-0.3, -0.25) is 0 Å². The van der Waals surface area contributed by atoms with Crippen LogP contribution in [0.2, 0.25) is 0 Å². The Hall–Kier alpha value is -0.970. The number of aromatic nitrogens is 4. The van der Waals surface area contributed by atoms with Crippen LogP contribution in [0.25, 0.3) is 0 Å². The zero-order chi connectivity index (χ0) is 11.1. The number of nitrogens with zero attached hydrogens (tertiary/aromatic N) is 4. The fourth-order valence-electron chi connectivity index (χ4n) is 1.79. The summed E-state index contributed by atoms with van der Waals surface area (Å²) in [4.78, 5) is 0. The van der Waals surface area contributed by atoms with Gasteiger partial charge in [-0.05, 0) is 23.3 Å². The zero-order valence-corrected chi connectivity index (χ0v) is 9.69. The number of rotatable bonds is 7. The summed E-state index contributed by atoms with van der Waals surface area (Å²) in [6.45, 7) is 4.80. The van der Waals surface area contributed by atoms with E-state index in [-0.39, 0.29) is 0 Å². The number of nitrogens with two attached hydrogens (primary N) is 1. The number of hydrogen-bond donors (Lipinski definition) is 1. The molecule has 2 N–H and O–H groups in total. The van der Waals surface area contributed by atoms with Crippen molar-refractivity contribution in [1.82, 2.24) is 20.2 Å². The van der Waals surface area contributed by atoms with Gasteiger partial charge in [-0.2, -0.15) is 0 Å². The smallest absolute Gasteiger partial charge is 0.165 e. The second-order valence-electron chi connectivity index (χ2n) is 3.83. The molecular formula is C10H21N5. The number of unbranched alkanes of at least 4 members (excludes halogenated alkanes) is 1. The fourth-order valence-corrected chi connectivity index (χ4v) is 1.79. The van der Waals surface area contributed by atoms with E-state index in [1.54, 1.807) is 0 Å². The molecule has 1 aromatic heterocycles. The molecule has 5 heteroatoms. The summed E-state index contributed by atoms with van der Waals surface area (Å²) < 4.78 is 1.90. The van der Waals surface area contributed by atoms with Crippen molar-refractivity contribution in [2.45, 2.75) is 58.5 Å². The number of tetrazole rings is 1. The summed E-state index contributed by atoms with van der Waals surface area (Å²) in [6, 6.07) is 0.420. The van der Waals surface area contributed by atoms with Gasteiger partial charge in [0, 0.05) is 0 Å². The molecule has 1 rings (SSSR count). The summed E-state index contributed by atoms with van der Waals surface area (Å²) >= 11 is 0. The molecule has 0 spiro atoms. The molecule has 0 amide bonds. The Balaban J connectivity index is 2.69. The van der Waals surface area contributed by atoms with Gasteiger partial charge in [-0.25, -0.2) is 4.68 Å². The van der Waals surface area contributed by atoms with Gasteiger partial charge < -0.3 is 5.73 Å². The Morgan fingerprint density at radius 2 is 2.07 bits per heavy atom. The first-order chi connectivity index (χ1) is 7.33. The molecule has 1 aromatic rings. The molecule has 1 heterocycles. The topological polar surface area (TPSA) is 69.6 Å². The molecule has 5 nitrogen and oxygen atoms in total. The maximum Gasteiger partial charge on any atom is 0.165 e. The van der Waals surface area contributed by atoms with E-state index in [1.165, 1.54) is 12.8 Å². The maximum atomic E-state index is 5.59. The lowest BCUT2D eigenvalue weighted by Crippen LogP contribution is -2.16. The van der Waals surface area contributed by atoms with E-state index in [2.05, 4.69) is 29.4 Å². The molecule has 0 bridgehead atoms.